The van der Waals surface area contributed by atoms with Crippen molar-refractivity contribution in [1.82, 2.24) is 4.90 Å². The number of nitrogens with zero attached hydrogens (tertiary/aromatic N) is 1. The van der Waals surface area contributed by atoms with Gasteiger partial charge in [0.25, 0.3) is 0 Å². The summed E-state index contributed by atoms with van der Waals surface area (Å²) in [7, 11) is 1.38. The molecule has 1 saturated heterocycles. The fourth-order valence-corrected chi connectivity index (χ4v) is 6.10. The van der Waals surface area contributed by atoms with Crippen molar-refractivity contribution in [1.29, 1.82) is 0 Å². The van der Waals surface area contributed by atoms with Crippen molar-refractivity contribution in [2.45, 2.75) is 84.8 Å². The summed E-state index contributed by atoms with van der Waals surface area (Å²) in [6, 6.07) is 3.06. The van der Waals surface area contributed by atoms with E-state index in [4.69, 9.17) is 15.2 Å². The number of methoxy groups -OCH3 is 1. The summed E-state index contributed by atoms with van der Waals surface area (Å²) in [5.41, 5.74) is 3.11. The van der Waals surface area contributed by atoms with Gasteiger partial charge < -0.3 is 15.2 Å². The van der Waals surface area contributed by atoms with Crippen LogP contribution in [0.1, 0.15) is 87.8 Å². The lowest BCUT2D eigenvalue weighted by atomic mass is 9.72. The number of allylic oxidation sites excluding steroid dienone is 1. The maximum atomic E-state index is 15.2. The second-order valence-electron chi connectivity index (χ2n) is 13.5. The van der Waals surface area contributed by atoms with Gasteiger partial charge in [-0.25, -0.2) is 9.18 Å². The number of carbonyl (C=O) groups excluding carboxylic acids is 2. The molecule has 2 aromatic carbocycles. The second-order valence-corrected chi connectivity index (χ2v) is 13.5. The van der Waals surface area contributed by atoms with E-state index < -0.39 is 64.4 Å². The van der Waals surface area contributed by atoms with Crippen molar-refractivity contribution in [2.24, 2.45) is 16.6 Å². The highest BCUT2D eigenvalue weighted by Crippen LogP contribution is 2.47. The van der Waals surface area contributed by atoms with Gasteiger partial charge in [-0.1, -0.05) is 27.7 Å². The maximum absolute atomic E-state index is 15.2. The number of primary amides is 1. The van der Waals surface area contributed by atoms with Gasteiger partial charge in [-0.2, -0.15) is 26.3 Å². The minimum atomic E-state index is -5.06. The van der Waals surface area contributed by atoms with E-state index in [0.29, 0.717) is 30.5 Å². The third-order valence-corrected chi connectivity index (χ3v) is 8.86. The normalized spacial score (nSPS) is 20.6. The van der Waals surface area contributed by atoms with Crippen molar-refractivity contribution < 1.29 is 49.8 Å². The van der Waals surface area contributed by atoms with E-state index in [1.54, 1.807) is 19.9 Å². The summed E-state index contributed by atoms with van der Waals surface area (Å²) in [5.74, 6) is -0.973. The van der Waals surface area contributed by atoms with Gasteiger partial charge in [-0.15, -0.1) is 0 Å². The average Bonchev–Trinajstić information content (AvgIpc) is 3.21. The van der Waals surface area contributed by atoms with Crippen LogP contribution in [0.4, 0.5) is 35.5 Å². The molecule has 0 unspecified atom stereocenters. The molecule has 0 radical (unpaired) electrons. The molecule has 252 valence electrons. The molecule has 2 atom stereocenters. The molecule has 0 bridgehead atoms. The monoisotopic (exact) mass is 658 g/mol. The lowest BCUT2D eigenvalue weighted by molar-refractivity contribution is -0.143. The largest absolute Gasteiger partial charge is 0.496 e. The molecule has 0 saturated carbocycles. The quantitative estimate of drug-likeness (QED) is 0.289. The molecule has 1 aliphatic heterocycles. The minimum absolute atomic E-state index is 0.00728. The van der Waals surface area contributed by atoms with Crippen LogP contribution in [0.25, 0.3) is 5.57 Å². The topological polar surface area (TPSA) is 81.9 Å². The highest BCUT2D eigenvalue weighted by Gasteiger charge is 2.44. The van der Waals surface area contributed by atoms with E-state index in [0.717, 1.165) is 17.6 Å². The minimum Gasteiger partial charge on any atom is -0.496 e. The highest BCUT2D eigenvalue weighted by molar-refractivity contribution is 5.81. The van der Waals surface area contributed by atoms with Crippen LogP contribution in [-0.4, -0.2) is 36.6 Å². The molecule has 4 rings (SSSR count). The third kappa shape index (κ3) is 7.28. The fourth-order valence-electron chi connectivity index (χ4n) is 6.10. The number of ether oxygens (including phenoxy) is 2. The zero-order valence-electron chi connectivity index (χ0n) is 26.4. The second kappa shape index (κ2) is 12.1. The summed E-state index contributed by atoms with van der Waals surface area (Å²) in [6.07, 6.45) is -10.7. The number of hydrogen-bond donors (Lipinski definition) is 1. The zero-order chi connectivity index (χ0) is 34.6. The van der Waals surface area contributed by atoms with Crippen molar-refractivity contribution >= 4 is 17.6 Å². The summed E-state index contributed by atoms with van der Waals surface area (Å²) < 4.78 is 107. The number of cyclic esters (lactones) is 1. The molecule has 2 aromatic rings. The van der Waals surface area contributed by atoms with Gasteiger partial charge in [0, 0.05) is 23.6 Å². The number of rotatable bonds is 8. The van der Waals surface area contributed by atoms with Crippen molar-refractivity contribution in [3.8, 4) is 5.75 Å². The van der Waals surface area contributed by atoms with Crippen LogP contribution >= 0.6 is 0 Å². The van der Waals surface area contributed by atoms with Gasteiger partial charge in [0.2, 0.25) is 5.91 Å². The van der Waals surface area contributed by atoms with E-state index >= 15 is 4.39 Å². The highest BCUT2D eigenvalue weighted by atomic mass is 19.4. The molecular formula is C33H37F7N2O4. The molecule has 2 aliphatic rings. The Kier molecular flexibility index (Phi) is 9.24. The van der Waals surface area contributed by atoms with E-state index in [1.165, 1.54) is 25.0 Å². The first kappa shape index (κ1) is 35.1. The van der Waals surface area contributed by atoms with Crippen LogP contribution in [0, 0.1) is 16.6 Å². The number of benzene rings is 2. The van der Waals surface area contributed by atoms with E-state index in [2.05, 4.69) is 0 Å². The maximum Gasteiger partial charge on any atom is 0.416 e. The van der Waals surface area contributed by atoms with Gasteiger partial charge >= 0.3 is 18.4 Å². The molecule has 2 N–H and O–H groups in total. The van der Waals surface area contributed by atoms with Crippen LogP contribution in [0.15, 0.2) is 35.9 Å². The first-order valence-electron chi connectivity index (χ1n) is 14.7. The Hall–Kier alpha value is -3.77. The Labute approximate surface area is 262 Å². The Morgan fingerprint density at radius 2 is 1.63 bits per heavy atom. The van der Waals surface area contributed by atoms with E-state index in [1.807, 2.05) is 13.8 Å². The van der Waals surface area contributed by atoms with Crippen LogP contribution in [-0.2, 0) is 28.3 Å². The molecule has 2 amide bonds. The number of hydrogen-bond acceptors (Lipinski definition) is 4. The molecule has 46 heavy (non-hydrogen) atoms. The van der Waals surface area contributed by atoms with Crippen LogP contribution in [0.3, 0.4) is 0 Å². The first-order valence-corrected chi connectivity index (χ1v) is 14.7. The van der Waals surface area contributed by atoms with Gasteiger partial charge in [0.1, 0.15) is 17.7 Å². The number of carbonyl (C=O) groups is 2. The van der Waals surface area contributed by atoms with Gasteiger partial charge in [0.15, 0.2) is 0 Å². The van der Waals surface area contributed by atoms with Crippen LogP contribution in [0.2, 0.25) is 0 Å². The number of amides is 2. The summed E-state index contributed by atoms with van der Waals surface area (Å²) in [4.78, 5) is 26.4. The van der Waals surface area contributed by atoms with Gasteiger partial charge in [-0.05, 0) is 84.6 Å². The SMILES string of the molecule is COc1cc(F)c(CC(C)(C)C(N)=O)cc1C1=C(CN2C(=O)O[C@H](c3cc(C(F)(F)F)cc(C(F)(F)F)c3)[C@@H]2C)CC(C)(C)CC1. The van der Waals surface area contributed by atoms with E-state index in [9.17, 15) is 35.9 Å². The molecule has 0 aromatic heterocycles. The number of nitrogens with two attached hydrogens (primary N) is 1. The lowest BCUT2D eigenvalue weighted by Gasteiger charge is -2.36. The Balaban J connectivity index is 1.77. The standard InChI is InChI=1S/C33H37F7N2O4/c1-17-27(18-9-21(32(35,36)37)12-22(10-18)33(38,39)40)46-29(44)42(17)16-20-14-30(2,3)8-7-23(20)24-11-19(15-31(4,5)28(41)43)25(34)13-26(24)45-6/h9-13,17,27H,7-8,14-16H2,1-6H3,(H2,41,43)/t17-,27-/m0/s1. The summed E-state index contributed by atoms with van der Waals surface area (Å²) >= 11 is 0. The van der Waals surface area contributed by atoms with Gasteiger partial charge in [-0.3, -0.25) is 9.69 Å². The Morgan fingerprint density at radius 3 is 2.15 bits per heavy atom. The Bertz CT molecular complexity index is 1530. The van der Waals surface area contributed by atoms with Gasteiger partial charge in [0.05, 0.1) is 24.3 Å². The van der Waals surface area contributed by atoms with Crippen molar-refractivity contribution in [2.75, 3.05) is 13.7 Å². The summed E-state index contributed by atoms with van der Waals surface area (Å²) in [6.45, 7) is 8.73. The first-order chi connectivity index (χ1) is 21.0. The predicted octanol–water partition coefficient (Wildman–Crippen LogP) is 8.47. The van der Waals surface area contributed by atoms with Crippen molar-refractivity contribution in [3.05, 3.63) is 69.5 Å². The van der Waals surface area contributed by atoms with Crippen molar-refractivity contribution in [3.63, 3.8) is 0 Å². The molecule has 1 heterocycles. The third-order valence-electron chi connectivity index (χ3n) is 8.86. The number of halogens is 7. The number of alkyl halides is 6. The molecule has 1 aliphatic carbocycles. The molecule has 6 nitrogen and oxygen atoms in total. The smallest absolute Gasteiger partial charge is 0.416 e. The van der Waals surface area contributed by atoms with Crippen LogP contribution in [0.5, 0.6) is 5.75 Å². The summed E-state index contributed by atoms with van der Waals surface area (Å²) in [5, 5.41) is 0. The lowest BCUT2D eigenvalue weighted by Crippen LogP contribution is -2.35. The predicted molar refractivity (Wildman–Crippen MR) is 156 cm³/mol. The van der Waals surface area contributed by atoms with Crippen LogP contribution < -0.4 is 10.5 Å². The fraction of sp³-hybridized carbons (Fsp3) is 0.515. The average molecular weight is 659 g/mol. The molecule has 1 fully saturated rings. The van der Waals surface area contributed by atoms with E-state index in [-0.39, 0.29) is 35.8 Å². The molecule has 0 spiro atoms. The zero-order valence-corrected chi connectivity index (χ0v) is 26.4. The Morgan fingerprint density at radius 1 is 1.04 bits per heavy atom. The molecular weight excluding hydrogens is 621 g/mol. The molecule has 13 heteroatoms.